The summed E-state index contributed by atoms with van der Waals surface area (Å²) in [5.41, 5.74) is -3.14. The van der Waals surface area contributed by atoms with Gasteiger partial charge in [0.25, 0.3) is 0 Å². The Morgan fingerprint density at radius 3 is 2.33 bits per heavy atom. The molecule has 0 atom stereocenters. The standard InChI is InChI=1S/C23H21F4NO4S/c1-31-20-8-6-18(7-9-20)21-14-17(5-10-22(21)24)15-32-12-11-16-3-2-4-19(13-16)28-33(29,30)23(25,26)27/h2-10,13-14,28H,11-12,15H2,1H3. The molecule has 0 radical (unpaired) electrons. The molecule has 0 aliphatic heterocycles. The highest BCUT2D eigenvalue weighted by Crippen LogP contribution is 2.27. The summed E-state index contributed by atoms with van der Waals surface area (Å²) in [6.07, 6.45) is 0.341. The van der Waals surface area contributed by atoms with Crippen molar-refractivity contribution in [2.75, 3.05) is 18.4 Å². The highest BCUT2D eigenvalue weighted by atomic mass is 32.2. The van der Waals surface area contributed by atoms with E-state index in [0.717, 1.165) is 5.56 Å². The van der Waals surface area contributed by atoms with Crippen LogP contribution in [0.3, 0.4) is 0 Å². The van der Waals surface area contributed by atoms with Crippen LogP contribution in [0.4, 0.5) is 23.2 Å². The molecule has 0 aromatic heterocycles. The van der Waals surface area contributed by atoms with E-state index in [1.807, 2.05) is 0 Å². The molecule has 33 heavy (non-hydrogen) atoms. The van der Waals surface area contributed by atoms with Crippen LogP contribution < -0.4 is 9.46 Å². The smallest absolute Gasteiger partial charge is 0.497 e. The number of ether oxygens (including phenoxy) is 2. The molecule has 0 aliphatic rings. The predicted octanol–water partition coefficient (Wildman–Crippen LogP) is 5.52. The summed E-state index contributed by atoms with van der Waals surface area (Å²) in [6.45, 7) is 0.425. The van der Waals surface area contributed by atoms with E-state index in [1.165, 1.54) is 29.0 Å². The maximum atomic E-state index is 14.3. The molecule has 0 saturated heterocycles. The summed E-state index contributed by atoms with van der Waals surface area (Å²) in [5, 5.41) is 0. The Morgan fingerprint density at radius 2 is 1.67 bits per heavy atom. The average Bonchev–Trinajstić information content (AvgIpc) is 2.77. The van der Waals surface area contributed by atoms with Gasteiger partial charge in [-0.25, -0.2) is 4.39 Å². The molecule has 5 nitrogen and oxygen atoms in total. The van der Waals surface area contributed by atoms with Crippen LogP contribution in [0.2, 0.25) is 0 Å². The molecule has 0 amide bonds. The number of halogens is 4. The van der Waals surface area contributed by atoms with Crippen molar-refractivity contribution in [3.63, 3.8) is 0 Å². The van der Waals surface area contributed by atoms with Gasteiger partial charge in [0.2, 0.25) is 0 Å². The lowest BCUT2D eigenvalue weighted by atomic mass is 10.0. The summed E-state index contributed by atoms with van der Waals surface area (Å²) in [5.74, 6) is 0.288. The second-order valence-electron chi connectivity index (χ2n) is 7.10. The maximum absolute atomic E-state index is 14.3. The zero-order chi connectivity index (χ0) is 24.1. The van der Waals surface area contributed by atoms with E-state index in [0.29, 0.717) is 28.9 Å². The fraction of sp³-hybridized carbons (Fsp3) is 0.217. The molecule has 0 spiro atoms. The number of benzene rings is 3. The number of rotatable bonds is 9. The SMILES string of the molecule is COc1ccc(-c2cc(COCCc3cccc(NS(=O)(=O)C(F)(F)F)c3)ccc2F)cc1. The van der Waals surface area contributed by atoms with Gasteiger partial charge in [0.05, 0.1) is 20.3 Å². The first kappa shape index (κ1) is 24.5. The summed E-state index contributed by atoms with van der Waals surface area (Å²) in [6, 6.07) is 17.3. The van der Waals surface area contributed by atoms with Crippen LogP contribution in [-0.2, 0) is 27.8 Å². The molecule has 0 unspecified atom stereocenters. The van der Waals surface area contributed by atoms with Crippen LogP contribution in [-0.4, -0.2) is 27.6 Å². The Balaban J connectivity index is 1.58. The molecule has 10 heteroatoms. The van der Waals surface area contributed by atoms with E-state index in [-0.39, 0.29) is 24.7 Å². The van der Waals surface area contributed by atoms with Gasteiger partial charge >= 0.3 is 15.5 Å². The number of hydrogen-bond donors (Lipinski definition) is 1. The summed E-state index contributed by atoms with van der Waals surface area (Å²) >= 11 is 0. The van der Waals surface area contributed by atoms with Crippen molar-refractivity contribution in [3.8, 4) is 16.9 Å². The molecule has 3 aromatic rings. The van der Waals surface area contributed by atoms with Gasteiger partial charge in [0.1, 0.15) is 11.6 Å². The number of sulfonamides is 1. The molecule has 0 aliphatic carbocycles. The molecule has 3 aromatic carbocycles. The Morgan fingerprint density at radius 1 is 0.939 bits per heavy atom. The molecule has 0 saturated carbocycles. The van der Waals surface area contributed by atoms with Gasteiger partial charge in [-0.1, -0.05) is 30.3 Å². The van der Waals surface area contributed by atoms with Gasteiger partial charge in [-0.3, -0.25) is 4.72 Å². The van der Waals surface area contributed by atoms with Gasteiger partial charge in [-0.15, -0.1) is 0 Å². The van der Waals surface area contributed by atoms with Crippen molar-refractivity contribution in [2.45, 2.75) is 18.5 Å². The van der Waals surface area contributed by atoms with Crippen molar-refractivity contribution in [3.05, 3.63) is 83.7 Å². The minimum atomic E-state index is -5.48. The number of alkyl halides is 3. The number of anilines is 1. The molecule has 3 rings (SSSR count). The molecule has 1 N–H and O–H groups in total. The van der Waals surface area contributed by atoms with Crippen LogP contribution in [0.5, 0.6) is 5.75 Å². The van der Waals surface area contributed by atoms with Gasteiger partial charge in [0.15, 0.2) is 0 Å². The highest BCUT2D eigenvalue weighted by molar-refractivity contribution is 7.93. The van der Waals surface area contributed by atoms with E-state index in [4.69, 9.17) is 9.47 Å². The van der Waals surface area contributed by atoms with Gasteiger partial charge in [-0.05, 0) is 59.5 Å². The van der Waals surface area contributed by atoms with E-state index in [9.17, 15) is 26.0 Å². The predicted molar refractivity (Wildman–Crippen MR) is 117 cm³/mol. The quantitative estimate of drug-likeness (QED) is 0.322. The minimum Gasteiger partial charge on any atom is -0.497 e. The fourth-order valence-electron chi connectivity index (χ4n) is 3.04. The first-order valence-corrected chi connectivity index (χ1v) is 11.3. The van der Waals surface area contributed by atoms with E-state index < -0.39 is 15.5 Å². The topological polar surface area (TPSA) is 64.6 Å². The van der Waals surface area contributed by atoms with Crippen LogP contribution in [0.25, 0.3) is 11.1 Å². The number of nitrogens with one attached hydrogen (secondary N) is 1. The highest BCUT2D eigenvalue weighted by Gasteiger charge is 2.46. The number of hydrogen-bond acceptors (Lipinski definition) is 4. The molecule has 0 heterocycles. The Bertz CT molecular complexity index is 1200. The van der Waals surface area contributed by atoms with Crippen molar-refractivity contribution in [2.24, 2.45) is 0 Å². The van der Waals surface area contributed by atoms with Crippen molar-refractivity contribution in [1.82, 2.24) is 0 Å². The summed E-state index contributed by atoms with van der Waals surface area (Å²) in [7, 11) is -3.94. The van der Waals surface area contributed by atoms with Crippen molar-refractivity contribution in [1.29, 1.82) is 0 Å². The lowest BCUT2D eigenvalue weighted by Gasteiger charge is -2.12. The van der Waals surface area contributed by atoms with Crippen LogP contribution >= 0.6 is 0 Å². The van der Waals surface area contributed by atoms with Gasteiger partial charge in [0, 0.05) is 11.3 Å². The largest absolute Gasteiger partial charge is 0.516 e. The van der Waals surface area contributed by atoms with E-state index in [2.05, 4.69) is 0 Å². The Hall–Kier alpha value is -3.11. The van der Waals surface area contributed by atoms with Gasteiger partial charge in [-0.2, -0.15) is 21.6 Å². The van der Waals surface area contributed by atoms with Crippen molar-refractivity contribution >= 4 is 15.7 Å². The third-order valence-electron chi connectivity index (χ3n) is 4.72. The average molecular weight is 483 g/mol. The second-order valence-corrected chi connectivity index (χ2v) is 8.77. The molecule has 0 bridgehead atoms. The lowest BCUT2D eigenvalue weighted by Crippen LogP contribution is -2.29. The zero-order valence-corrected chi connectivity index (χ0v) is 18.3. The first-order chi connectivity index (χ1) is 15.6. The number of methoxy groups -OCH3 is 1. The van der Waals surface area contributed by atoms with Gasteiger partial charge < -0.3 is 9.47 Å². The molecule has 176 valence electrons. The van der Waals surface area contributed by atoms with E-state index >= 15 is 0 Å². The summed E-state index contributed by atoms with van der Waals surface area (Å²) < 4.78 is 86.6. The third kappa shape index (κ3) is 6.45. The second kappa shape index (κ2) is 10.2. The third-order valence-corrected chi connectivity index (χ3v) is 5.83. The first-order valence-electron chi connectivity index (χ1n) is 9.78. The molecular formula is C23H21F4NO4S. The van der Waals surface area contributed by atoms with E-state index in [1.54, 1.807) is 49.6 Å². The van der Waals surface area contributed by atoms with Crippen LogP contribution in [0, 0.1) is 5.82 Å². The van der Waals surface area contributed by atoms with Crippen LogP contribution in [0.1, 0.15) is 11.1 Å². The monoisotopic (exact) mass is 483 g/mol. The molecule has 0 fully saturated rings. The fourth-order valence-corrected chi connectivity index (χ4v) is 3.59. The summed E-state index contributed by atoms with van der Waals surface area (Å²) in [4.78, 5) is 0. The molecular weight excluding hydrogens is 462 g/mol. The normalized spacial score (nSPS) is 11.9. The minimum absolute atomic E-state index is 0.188. The lowest BCUT2D eigenvalue weighted by molar-refractivity contribution is -0.0429. The van der Waals surface area contributed by atoms with Crippen molar-refractivity contribution < 1.29 is 35.5 Å². The van der Waals surface area contributed by atoms with Crippen LogP contribution in [0.15, 0.2) is 66.7 Å². The maximum Gasteiger partial charge on any atom is 0.516 e. The Kier molecular flexibility index (Phi) is 7.60. The zero-order valence-electron chi connectivity index (χ0n) is 17.5. The Labute approximate surface area is 189 Å².